The molecule has 0 bridgehead atoms. The van der Waals surface area contributed by atoms with E-state index in [1.165, 1.54) is 4.90 Å². The number of rotatable bonds is 6. The topological polar surface area (TPSA) is 87.1 Å². The molecule has 1 saturated heterocycles. The second-order valence-corrected chi connectivity index (χ2v) is 6.46. The van der Waals surface area contributed by atoms with E-state index in [1.54, 1.807) is 13.8 Å². The van der Waals surface area contributed by atoms with Gasteiger partial charge >= 0.3 is 11.9 Å². The summed E-state index contributed by atoms with van der Waals surface area (Å²) in [6.45, 7) is 5.86. The van der Waals surface area contributed by atoms with Gasteiger partial charge in [-0.25, -0.2) is 0 Å². The van der Waals surface area contributed by atoms with Gasteiger partial charge in [0.05, 0.1) is 5.41 Å². The first kappa shape index (κ1) is 15.3. The van der Waals surface area contributed by atoms with E-state index in [0.29, 0.717) is 18.9 Å². The van der Waals surface area contributed by atoms with Gasteiger partial charge < -0.3 is 14.9 Å². The van der Waals surface area contributed by atoms with Gasteiger partial charge in [-0.05, 0) is 38.5 Å². The minimum atomic E-state index is -1.04. The number of esters is 1. The Kier molecular flexibility index (Phi) is 4.07. The zero-order valence-electron chi connectivity index (χ0n) is 12.2. The summed E-state index contributed by atoms with van der Waals surface area (Å²) >= 11 is 0. The molecule has 20 heavy (non-hydrogen) atoms. The predicted octanol–water partition coefficient (Wildman–Crippen LogP) is 0.689. The Labute approximate surface area is 118 Å². The Bertz CT molecular complexity index is 408. The zero-order valence-corrected chi connectivity index (χ0v) is 12.2. The lowest BCUT2D eigenvalue weighted by atomic mass is 9.91. The van der Waals surface area contributed by atoms with Crippen LogP contribution in [0.1, 0.15) is 33.6 Å². The molecule has 6 heteroatoms. The summed E-state index contributed by atoms with van der Waals surface area (Å²) in [6, 6.07) is -0.645. The molecule has 0 aromatic carbocycles. The van der Waals surface area contributed by atoms with Gasteiger partial charge in [0.25, 0.3) is 0 Å². The lowest BCUT2D eigenvalue weighted by molar-refractivity contribution is -0.164. The summed E-state index contributed by atoms with van der Waals surface area (Å²) in [7, 11) is 0. The highest BCUT2D eigenvalue weighted by Crippen LogP contribution is 2.50. The minimum absolute atomic E-state index is 0.143. The van der Waals surface area contributed by atoms with Crippen LogP contribution in [-0.2, 0) is 14.3 Å². The van der Waals surface area contributed by atoms with E-state index in [-0.39, 0.29) is 18.5 Å². The molecule has 1 aliphatic heterocycles. The molecule has 0 radical (unpaired) electrons. The standard InChI is InChI=1S/C14H23NO5/c1-4-14(2,3)13(19)20-7-10(16)15-6-8-5-9(8)11(15)12(17)18/h8-11,16H,4-7H2,1-3H3,(H,17,18). The summed E-state index contributed by atoms with van der Waals surface area (Å²) in [4.78, 5) is 24.6. The molecule has 2 N–H and O–H groups in total. The third-order valence-corrected chi connectivity index (χ3v) is 4.62. The molecule has 1 heterocycles. The quantitative estimate of drug-likeness (QED) is 0.698. The van der Waals surface area contributed by atoms with E-state index >= 15 is 0 Å². The highest BCUT2D eigenvalue weighted by atomic mass is 16.5. The first-order chi connectivity index (χ1) is 9.27. The van der Waals surface area contributed by atoms with Crippen molar-refractivity contribution in [2.75, 3.05) is 13.2 Å². The summed E-state index contributed by atoms with van der Waals surface area (Å²) in [5, 5.41) is 19.3. The Hall–Kier alpha value is -1.14. The van der Waals surface area contributed by atoms with E-state index in [2.05, 4.69) is 0 Å². The van der Waals surface area contributed by atoms with Crippen LogP contribution in [0.2, 0.25) is 0 Å². The number of piperidine rings is 1. The summed E-state index contributed by atoms with van der Waals surface area (Å²) in [6.07, 6.45) is 0.525. The number of hydrogen-bond acceptors (Lipinski definition) is 5. The monoisotopic (exact) mass is 285 g/mol. The Balaban J connectivity index is 1.88. The van der Waals surface area contributed by atoms with Crippen molar-refractivity contribution in [3.05, 3.63) is 0 Å². The van der Waals surface area contributed by atoms with Gasteiger partial charge in [0.1, 0.15) is 18.9 Å². The maximum absolute atomic E-state index is 11.8. The van der Waals surface area contributed by atoms with Crippen LogP contribution >= 0.6 is 0 Å². The van der Waals surface area contributed by atoms with Gasteiger partial charge in [-0.2, -0.15) is 0 Å². The molecular formula is C14H23NO5. The fourth-order valence-corrected chi connectivity index (χ4v) is 2.72. The molecule has 1 saturated carbocycles. The second kappa shape index (κ2) is 5.33. The molecule has 2 rings (SSSR count). The normalized spacial score (nSPS) is 30.7. The van der Waals surface area contributed by atoms with E-state index < -0.39 is 23.7 Å². The fraction of sp³-hybridized carbons (Fsp3) is 0.857. The molecule has 0 aromatic heterocycles. The average Bonchev–Trinajstić information content (AvgIpc) is 3.05. The van der Waals surface area contributed by atoms with Gasteiger partial charge in [-0.1, -0.05) is 6.92 Å². The van der Waals surface area contributed by atoms with Crippen LogP contribution in [0.3, 0.4) is 0 Å². The number of aliphatic carboxylic acids is 1. The molecule has 114 valence electrons. The lowest BCUT2D eigenvalue weighted by Gasteiger charge is -2.30. The molecule has 4 unspecified atom stereocenters. The number of fused-ring (bicyclic) bond motifs is 1. The molecule has 2 fully saturated rings. The van der Waals surface area contributed by atoms with Crippen LogP contribution in [0.4, 0.5) is 0 Å². The average molecular weight is 285 g/mol. The number of carbonyl (C=O) groups is 2. The molecule has 4 atom stereocenters. The number of likely N-dealkylation sites (tertiary alicyclic amines) is 1. The van der Waals surface area contributed by atoms with Gasteiger partial charge in [0.2, 0.25) is 0 Å². The number of aliphatic hydroxyl groups excluding tert-OH is 1. The van der Waals surface area contributed by atoms with Gasteiger partial charge in [-0.3, -0.25) is 14.5 Å². The molecule has 2 aliphatic rings. The number of aliphatic hydroxyl groups is 1. The molecule has 0 aromatic rings. The van der Waals surface area contributed by atoms with Crippen molar-refractivity contribution in [1.82, 2.24) is 4.90 Å². The Morgan fingerprint density at radius 2 is 2.10 bits per heavy atom. The zero-order chi connectivity index (χ0) is 15.1. The predicted molar refractivity (Wildman–Crippen MR) is 70.8 cm³/mol. The van der Waals surface area contributed by atoms with Gasteiger partial charge in [0, 0.05) is 6.54 Å². The van der Waals surface area contributed by atoms with Crippen LogP contribution in [0.5, 0.6) is 0 Å². The number of carboxylic acids is 1. The van der Waals surface area contributed by atoms with E-state index in [4.69, 9.17) is 4.74 Å². The fourth-order valence-electron chi connectivity index (χ4n) is 2.72. The van der Waals surface area contributed by atoms with Gasteiger partial charge in [-0.15, -0.1) is 0 Å². The van der Waals surface area contributed by atoms with Crippen molar-refractivity contribution < 1.29 is 24.5 Å². The summed E-state index contributed by atoms with van der Waals surface area (Å²) < 4.78 is 5.13. The van der Waals surface area contributed by atoms with Crippen LogP contribution < -0.4 is 0 Å². The SMILES string of the molecule is CCC(C)(C)C(=O)OCC(O)N1CC2CC2C1C(=O)O. The van der Waals surface area contributed by atoms with Crippen molar-refractivity contribution in [3.8, 4) is 0 Å². The minimum Gasteiger partial charge on any atom is -0.480 e. The number of hydrogen-bond donors (Lipinski definition) is 2. The van der Waals surface area contributed by atoms with Crippen LogP contribution in [0.15, 0.2) is 0 Å². The van der Waals surface area contributed by atoms with E-state index in [0.717, 1.165) is 6.42 Å². The van der Waals surface area contributed by atoms with Crippen LogP contribution in [0.25, 0.3) is 0 Å². The maximum Gasteiger partial charge on any atom is 0.321 e. The van der Waals surface area contributed by atoms with Crippen molar-refractivity contribution in [2.24, 2.45) is 17.3 Å². The molecule has 1 aliphatic carbocycles. The molecule has 0 spiro atoms. The largest absolute Gasteiger partial charge is 0.480 e. The van der Waals surface area contributed by atoms with E-state index in [1.807, 2.05) is 6.92 Å². The first-order valence-electron chi connectivity index (χ1n) is 7.11. The third-order valence-electron chi connectivity index (χ3n) is 4.62. The van der Waals surface area contributed by atoms with Crippen LogP contribution in [0, 0.1) is 17.3 Å². The Morgan fingerprint density at radius 3 is 2.65 bits per heavy atom. The summed E-state index contributed by atoms with van der Waals surface area (Å²) in [5.74, 6) is -0.761. The molecule has 6 nitrogen and oxygen atoms in total. The lowest BCUT2D eigenvalue weighted by Crippen LogP contribution is -2.48. The van der Waals surface area contributed by atoms with Crippen molar-refractivity contribution in [3.63, 3.8) is 0 Å². The first-order valence-corrected chi connectivity index (χ1v) is 7.11. The number of carboxylic acid groups (broad SMARTS) is 1. The maximum atomic E-state index is 11.8. The smallest absolute Gasteiger partial charge is 0.321 e. The van der Waals surface area contributed by atoms with Crippen molar-refractivity contribution in [1.29, 1.82) is 0 Å². The summed E-state index contributed by atoms with van der Waals surface area (Å²) in [5.41, 5.74) is -0.584. The van der Waals surface area contributed by atoms with E-state index in [9.17, 15) is 19.8 Å². The third kappa shape index (κ3) is 2.81. The molecular weight excluding hydrogens is 262 g/mol. The number of nitrogens with zero attached hydrogens (tertiary/aromatic N) is 1. The van der Waals surface area contributed by atoms with Gasteiger partial charge in [0.15, 0.2) is 0 Å². The van der Waals surface area contributed by atoms with Crippen LogP contribution in [-0.4, -0.2) is 52.5 Å². The highest BCUT2D eigenvalue weighted by Gasteiger charge is 2.57. The molecule has 0 amide bonds. The Morgan fingerprint density at radius 1 is 1.45 bits per heavy atom. The number of ether oxygens (including phenoxy) is 1. The second-order valence-electron chi connectivity index (χ2n) is 6.46. The highest BCUT2D eigenvalue weighted by molar-refractivity contribution is 5.76. The van der Waals surface area contributed by atoms with Crippen molar-refractivity contribution in [2.45, 2.75) is 45.9 Å². The number of carbonyl (C=O) groups excluding carboxylic acids is 1. The van der Waals surface area contributed by atoms with Crippen molar-refractivity contribution >= 4 is 11.9 Å².